The fourth-order valence-electron chi connectivity index (χ4n) is 1.67. The first kappa shape index (κ1) is 15.8. The summed E-state index contributed by atoms with van der Waals surface area (Å²) >= 11 is 0. The molecule has 1 rings (SSSR count). The summed E-state index contributed by atoms with van der Waals surface area (Å²) in [7, 11) is 1.20. The molecule has 1 N–H and O–H groups in total. The van der Waals surface area contributed by atoms with E-state index in [1.807, 2.05) is 0 Å². The van der Waals surface area contributed by atoms with Gasteiger partial charge >= 0.3 is 5.97 Å². The number of halogens is 2. The summed E-state index contributed by atoms with van der Waals surface area (Å²) in [6.45, 7) is 3.47. The van der Waals surface area contributed by atoms with Crippen LogP contribution in [0, 0.1) is 11.6 Å². The Bertz CT molecular complexity index is 497. The first-order valence-corrected chi connectivity index (χ1v) is 5.89. The molecule has 0 bridgehead atoms. The topological polar surface area (TPSA) is 55.4 Å². The predicted molar refractivity (Wildman–Crippen MR) is 68.8 cm³/mol. The lowest BCUT2D eigenvalue weighted by Gasteiger charge is -2.14. The third kappa shape index (κ3) is 4.79. The van der Waals surface area contributed by atoms with Crippen molar-refractivity contribution in [3.63, 3.8) is 0 Å². The molecule has 0 radical (unpaired) electrons. The highest BCUT2D eigenvalue weighted by Crippen LogP contribution is 2.09. The van der Waals surface area contributed by atoms with Crippen molar-refractivity contribution >= 4 is 11.9 Å². The van der Waals surface area contributed by atoms with Gasteiger partial charge in [0.05, 0.1) is 13.5 Å². The molecule has 108 valence electrons. The van der Waals surface area contributed by atoms with Crippen molar-refractivity contribution in [2.24, 2.45) is 0 Å². The number of amides is 1. The van der Waals surface area contributed by atoms with E-state index in [1.54, 1.807) is 0 Å². The molecular weight excluding hydrogens is 268 g/mol. The van der Waals surface area contributed by atoms with Crippen LogP contribution in [0.4, 0.5) is 8.78 Å². The third-order valence-corrected chi connectivity index (χ3v) is 2.51. The minimum absolute atomic E-state index is 0.183. The number of hydrogen-bond acceptors (Lipinski definition) is 3. The molecule has 1 aromatic carbocycles. The van der Waals surface area contributed by atoms with Gasteiger partial charge in [0.1, 0.15) is 17.7 Å². The molecule has 1 amide bonds. The molecule has 0 unspecified atom stereocenters. The van der Waals surface area contributed by atoms with Crippen LogP contribution < -0.4 is 5.32 Å². The molecule has 4 nitrogen and oxygen atoms in total. The smallest absolute Gasteiger partial charge is 0.328 e. The number of nitrogens with one attached hydrogen (secondary N) is 1. The molecule has 0 aliphatic heterocycles. The van der Waals surface area contributed by atoms with E-state index in [2.05, 4.69) is 16.6 Å². The van der Waals surface area contributed by atoms with Crippen LogP contribution >= 0.6 is 0 Å². The molecule has 1 atom stereocenters. The van der Waals surface area contributed by atoms with Gasteiger partial charge in [-0.1, -0.05) is 6.08 Å². The van der Waals surface area contributed by atoms with Crippen molar-refractivity contribution in [3.8, 4) is 0 Å². The van der Waals surface area contributed by atoms with E-state index in [4.69, 9.17) is 0 Å². The van der Waals surface area contributed by atoms with Gasteiger partial charge < -0.3 is 10.1 Å². The highest BCUT2D eigenvalue weighted by molar-refractivity contribution is 5.85. The lowest BCUT2D eigenvalue weighted by molar-refractivity contribution is -0.144. The van der Waals surface area contributed by atoms with Gasteiger partial charge in [0.25, 0.3) is 0 Å². The number of methoxy groups -OCH3 is 1. The Hall–Kier alpha value is -2.24. The van der Waals surface area contributed by atoms with Gasteiger partial charge in [-0.3, -0.25) is 4.79 Å². The van der Waals surface area contributed by atoms with E-state index in [0.29, 0.717) is 0 Å². The molecular formula is C14H15F2NO3. The Labute approximate surface area is 115 Å². The van der Waals surface area contributed by atoms with E-state index in [-0.39, 0.29) is 18.4 Å². The molecule has 0 saturated heterocycles. The first-order valence-electron chi connectivity index (χ1n) is 5.89. The molecule has 0 fully saturated rings. The van der Waals surface area contributed by atoms with Crippen LogP contribution in [0.3, 0.4) is 0 Å². The highest BCUT2D eigenvalue weighted by Gasteiger charge is 2.20. The number of carbonyl (C=O) groups is 2. The van der Waals surface area contributed by atoms with Crippen molar-refractivity contribution < 1.29 is 23.1 Å². The standard InChI is InChI=1S/C14H15F2NO3/c1-3-4-12(14(19)20-2)17-13(18)7-9-5-10(15)8-11(16)6-9/h3,5-6,8,12H,1,4,7H2,2H3,(H,17,18)/t12-/m1/s1. The van der Waals surface area contributed by atoms with Gasteiger partial charge in [0.15, 0.2) is 0 Å². The summed E-state index contributed by atoms with van der Waals surface area (Å²) < 4.78 is 30.5. The second-order valence-electron chi connectivity index (χ2n) is 4.12. The maximum atomic E-state index is 13.0. The summed E-state index contributed by atoms with van der Waals surface area (Å²) in [5.74, 6) is -2.66. The number of esters is 1. The fourth-order valence-corrected chi connectivity index (χ4v) is 1.67. The molecule has 20 heavy (non-hydrogen) atoms. The minimum Gasteiger partial charge on any atom is -0.467 e. The van der Waals surface area contributed by atoms with Crippen molar-refractivity contribution in [1.29, 1.82) is 0 Å². The van der Waals surface area contributed by atoms with Crippen LogP contribution in [0.5, 0.6) is 0 Å². The average molecular weight is 283 g/mol. The Kier molecular flexibility index (Phi) is 5.83. The molecule has 0 spiro atoms. The first-order chi connectivity index (χ1) is 9.46. The molecule has 0 saturated carbocycles. The number of benzene rings is 1. The van der Waals surface area contributed by atoms with Crippen LogP contribution in [-0.2, 0) is 20.7 Å². The Morgan fingerprint density at radius 2 is 1.95 bits per heavy atom. The number of hydrogen-bond donors (Lipinski definition) is 1. The van der Waals surface area contributed by atoms with E-state index in [1.165, 1.54) is 13.2 Å². The van der Waals surface area contributed by atoms with E-state index in [0.717, 1.165) is 18.2 Å². The maximum absolute atomic E-state index is 13.0. The summed E-state index contributed by atoms with van der Waals surface area (Å²) in [4.78, 5) is 23.1. The summed E-state index contributed by atoms with van der Waals surface area (Å²) in [5, 5.41) is 2.43. The van der Waals surface area contributed by atoms with E-state index < -0.39 is 29.6 Å². The zero-order chi connectivity index (χ0) is 15.1. The van der Waals surface area contributed by atoms with Gasteiger partial charge in [0.2, 0.25) is 5.91 Å². The molecule has 0 aliphatic carbocycles. The molecule has 1 aromatic rings. The molecule has 0 heterocycles. The Morgan fingerprint density at radius 1 is 1.35 bits per heavy atom. The predicted octanol–water partition coefficient (Wildman–Crippen LogP) is 1.74. The largest absolute Gasteiger partial charge is 0.467 e. The van der Waals surface area contributed by atoms with Crippen LogP contribution in [-0.4, -0.2) is 25.0 Å². The van der Waals surface area contributed by atoms with Crippen LogP contribution in [0.15, 0.2) is 30.9 Å². The maximum Gasteiger partial charge on any atom is 0.328 e. The summed E-state index contributed by atoms with van der Waals surface area (Å²) in [6.07, 6.45) is 1.43. The van der Waals surface area contributed by atoms with Gasteiger partial charge in [-0.15, -0.1) is 6.58 Å². The zero-order valence-corrected chi connectivity index (χ0v) is 11.0. The quantitative estimate of drug-likeness (QED) is 0.639. The second-order valence-corrected chi connectivity index (χ2v) is 4.12. The SMILES string of the molecule is C=CC[C@@H](NC(=O)Cc1cc(F)cc(F)c1)C(=O)OC. The normalized spacial score (nSPS) is 11.6. The van der Waals surface area contributed by atoms with Crippen LogP contribution in [0.25, 0.3) is 0 Å². The Morgan fingerprint density at radius 3 is 2.45 bits per heavy atom. The van der Waals surface area contributed by atoms with Gasteiger partial charge in [-0.25, -0.2) is 13.6 Å². The van der Waals surface area contributed by atoms with Crippen molar-refractivity contribution in [1.82, 2.24) is 5.32 Å². The Balaban J connectivity index is 2.69. The number of carbonyl (C=O) groups excluding carboxylic acids is 2. The summed E-state index contributed by atoms with van der Waals surface area (Å²) in [6, 6.07) is 1.98. The lowest BCUT2D eigenvalue weighted by atomic mass is 10.1. The van der Waals surface area contributed by atoms with Crippen molar-refractivity contribution in [2.75, 3.05) is 7.11 Å². The highest BCUT2D eigenvalue weighted by atomic mass is 19.1. The minimum atomic E-state index is -0.858. The average Bonchev–Trinajstić information content (AvgIpc) is 2.35. The summed E-state index contributed by atoms with van der Waals surface area (Å²) in [5.41, 5.74) is 0.183. The van der Waals surface area contributed by atoms with Crippen LogP contribution in [0.2, 0.25) is 0 Å². The van der Waals surface area contributed by atoms with E-state index >= 15 is 0 Å². The molecule has 0 aromatic heterocycles. The molecule has 6 heteroatoms. The second kappa shape index (κ2) is 7.37. The van der Waals surface area contributed by atoms with Gasteiger partial charge in [0, 0.05) is 6.07 Å². The monoisotopic (exact) mass is 283 g/mol. The van der Waals surface area contributed by atoms with Crippen LogP contribution in [0.1, 0.15) is 12.0 Å². The van der Waals surface area contributed by atoms with Crippen molar-refractivity contribution in [3.05, 3.63) is 48.1 Å². The fraction of sp³-hybridized carbons (Fsp3) is 0.286. The molecule has 0 aliphatic rings. The van der Waals surface area contributed by atoms with Gasteiger partial charge in [-0.2, -0.15) is 0 Å². The number of ether oxygens (including phenoxy) is 1. The number of rotatable bonds is 6. The zero-order valence-electron chi connectivity index (χ0n) is 11.0. The van der Waals surface area contributed by atoms with Crippen molar-refractivity contribution in [2.45, 2.75) is 18.9 Å². The van der Waals surface area contributed by atoms with Gasteiger partial charge in [-0.05, 0) is 24.1 Å². The third-order valence-electron chi connectivity index (χ3n) is 2.51. The van der Waals surface area contributed by atoms with E-state index in [9.17, 15) is 18.4 Å². The lowest BCUT2D eigenvalue weighted by Crippen LogP contribution is -2.41.